The number of anilines is 1. The molecule has 4 aromatic rings. The van der Waals surface area contributed by atoms with Crippen molar-refractivity contribution in [3.63, 3.8) is 0 Å². The summed E-state index contributed by atoms with van der Waals surface area (Å²) in [6.45, 7) is 0. The van der Waals surface area contributed by atoms with E-state index in [-0.39, 0.29) is 18.1 Å². The van der Waals surface area contributed by atoms with E-state index in [0.29, 0.717) is 23.0 Å². The van der Waals surface area contributed by atoms with Gasteiger partial charge in [0.2, 0.25) is 5.13 Å². The van der Waals surface area contributed by atoms with Gasteiger partial charge in [0.25, 0.3) is 0 Å². The Morgan fingerprint density at radius 3 is 2.87 bits per heavy atom. The minimum atomic E-state index is -0.233. The molecule has 0 saturated heterocycles. The Morgan fingerprint density at radius 2 is 2.10 bits per heavy atom. The maximum absolute atomic E-state index is 12.3. The van der Waals surface area contributed by atoms with Gasteiger partial charge in [-0.25, -0.2) is 14.8 Å². The molecule has 2 aliphatic carbocycles. The zero-order valence-electron chi connectivity index (χ0n) is 16.9. The number of methoxy groups -OCH3 is 1. The zero-order valence-corrected chi connectivity index (χ0v) is 17.7. The van der Waals surface area contributed by atoms with Crippen molar-refractivity contribution in [3.8, 4) is 6.01 Å². The standard InChI is InChI=1S/C20H22N8O2S/c1-30-19-26-20(31-27-19)25-18(29)24-12-4-10-6-13(7-11(10)5-12)28-9-23-15-8-22-17-14(16(15)28)2-3-21-17/h2-3,8-13H,4-7H2,1H3,(H,21,22)(H2,24,25,26,27,29)/t10-,11+,12?,13?. The van der Waals surface area contributed by atoms with Crippen molar-refractivity contribution in [2.24, 2.45) is 11.8 Å². The predicted molar refractivity (Wildman–Crippen MR) is 116 cm³/mol. The first-order valence-corrected chi connectivity index (χ1v) is 11.2. The van der Waals surface area contributed by atoms with Crippen LogP contribution in [0.15, 0.2) is 24.8 Å². The van der Waals surface area contributed by atoms with Crippen molar-refractivity contribution >= 4 is 44.8 Å². The zero-order chi connectivity index (χ0) is 20.9. The van der Waals surface area contributed by atoms with Gasteiger partial charge >= 0.3 is 12.0 Å². The third-order valence-corrected chi connectivity index (χ3v) is 7.26. The monoisotopic (exact) mass is 438 g/mol. The summed E-state index contributed by atoms with van der Waals surface area (Å²) in [5.74, 6) is 1.22. The first-order valence-electron chi connectivity index (χ1n) is 10.4. The van der Waals surface area contributed by atoms with E-state index < -0.39 is 0 Å². The fourth-order valence-corrected chi connectivity index (χ4v) is 5.94. The number of amides is 2. The average molecular weight is 439 g/mol. The van der Waals surface area contributed by atoms with Gasteiger partial charge in [0.05, 0.1) is 25.2 Å². The number of rotatable bonds is 4. The molecule has 4 aromatic heterocycles. The van der Waals surface area contributed by atoms with Gasteiger partial charge < -0.3 is 19.6 Å². The van der Waals surface area contributed by atoms with Crippen molar-refractivity contribution in [2.45, 2.75) is 37.8 Å². The first-order chi connectivity index (χ1) is 15.2. The fourth-order valence-electron chi connectivity index (χ4n) is 5.40. The van der Waals surface area contributed by atoms with Crippen LogP contribution in [0.5, 0.6) is 6.01 Å². The highest BCUT2D eigenvalue weighted by Crippen LogP contribution is 2.49. The van der Waals surface area contributed by atoms with Gasteiger partial charge in [0.1, 0.15) is 11.2 Å². The first kappa shape index (κ1) is 18.6. The number of carbonyl (C=O) groups excluding carboxylic acids is 1. The average Bonchev–Trinajstić information content (AvgIpc) is 3.53. The molecule has 11 heteroatoms. The molecule has 2 saturated carbocycles. The summed E-state index contributed by atoms with van der Waals surface area (Å²) >= 11 is 1.10. The molecule has 0 bridgehead atoms. The summed E-state index contributed by atoms with van der Waals surface area (Å²) in [6, 6.07) is 2.73. The van der Waals surface area contributed by atoms with Crippen LogP contribution in [0.4, 0.5) is 9.93 Å². The second kappa shape index (κ2) is 7.19. The van der Waals surface area contributed by atoms with Gasteiger partial charge in [0.15, 0.2) is 0 Å². The number of ether oxygens (including phenoxy) is 1. The highest BCUT2D eigenvalue weighted by Gasteiger charge is 2.43. The number of hydrogen-bond acceptors (Lipinski definition) is 7. The normalized spacial score (nSPS) is 25.2. The molecule has 31 heavy (non-hydrogen) atoms. The molecule has 0 aromatic carbocycles. The number of imidazole rings is 1. The molecule has 6 rings (SSSR count). The van der Waals surface area contributed by atoms with Crippen LogP contribution >= 0.6 is 11.5 Å². The lowest BCUT2D eigenvalue weighted by atomic mass is 10.0. The number of nitrogens with zero attached hydrogens (tertiary/aromatic N) is 5. The largest absolute Gasteiger partial charge is 0.466 e. The number of pyridine rings is 1. The number of H-pyrrole nitrogens is 1. The fraction of sp³-hybridized carbons (Fsp3) is 0.450. The molecule has 3 N–H and O–H groups in total. The topological polar surface area (TPSA) is 123 Å². The lowest BCUT2D eigenvalue weighted by molar-refractivity contribution is 0.247. The van der Waals surface area contributed by atoms with Crippen LogP contribution in [-0.4, -0.2) is 48.1 Å². The third-order valence-electron chi connectivity index (χ3n) is 6.65. The lowest BCUT2D eigenvalue weighted by Crippen LogP contribution is -2.36. The van der Waals surface area contributed by atoms with E-state index >= 15 is 0 Å². The number of fused-ring (bicyclic) bond motifs is 4. The Labute approximate surface area is 181 Å². The van der Waals surface area contributed by atoms with Crippen LogP contribution in [-0.2, 0) is 0 Å². The number of nitrogens with one attached hydrogen (secondary N) is 3. The Morgan fingerprint density at radius 1 is 1.26 bits per heavy atom. The maximum Gasteiger partial charge on any atom is 0.329 e. The minimum absolute atomic E-state index is 0.186. The summed E-state index contributed by atoms with van der Waals surface area (Å²) in [4.78, 5) is 28.6. The van der Waals surface area contributed by atoms with Crippen molar-refractivity contribution in [1.29, 1.82) is 0 Å². The molecule has 2 aliphatic rings. The van der Waals surface area contributed by atoms with E-state index in [4.69, 9.17) is 4.74 Å². The third kappa shape index (κ3) is 3.19. The van der Waals surface area contributed by atoms with E-state index in [9.17, 15) is 4.79 Å². The SMILES string of the molecule is COc1nsc(NC(=O)NC2C[C@@H]3CC(n4cnc5cnc6[nH]ccc6c54)C[C@@H]3C2)n1. The number of carbonyl (C=O) groups is 1. The van der Waals surface area contributed by atoms with Crippen LogP contribution in [0.3, 0.4) is 0 Å². The van der Waals surface area contributed by atoms with Gasteiger partial charge in [-0.05, 0) is 43.6 Å². The summed E-state index contributed by atoms with van der Waals surface area (Å²) in [6.07, 6.45) is 9.95. The molecule has 0 aliphatic heterocycles. The van der Waals surface area contributed by atoms with E-state index in [0.717, 1.165) is 59.3 Å². The van der Waals surface area contributed by atoms with Crippen LogP contribution in [0.25, 0.3) is 22.1 Å². The minimum Gasteiger partial charge on any atom is -0.466 e. The number of aromatic nitrogens is 6. The highest BCUT2D eigenvalue weighted by molar-refractivity contribution is 7.10. The Kier molecular flexibility index (Phi) is 4.30. The van der Waals surface area contributed by atoms with Gasteiger partial charge in [-0.1, -0.05) is 0 Å². The molecule has 2 amide bonds. The second-order valence-electron chi connectivity index (χ2n) is 8.38. The summed E-state index contributed by atoms with van der Waals surface area (Å²) in [5, 5.41) is 7.41. The van der Waals surface area contributed by atoms with Gasteiger partial charge in [0, 0.05) is 35.2 Å². The second-order valence-corrected chi connectivity index (χ2v) is 9.13. The van der Waals surface area contributed by atoms with E-state index in [1.54, 1.807) is 0 Å². The molecule has 0 radical (unpaired) electrons. The molecule has 160 valence electrons. The summed E-state index contributed by atoms with van der Waals surface area (Å²) in [7, 11) is 1.50. The number of urea groups is 1. The predicted octanol–water partition coefficient (Wildman–Crippen LogP) is 3.32. The molecule has 4 atom stereocenters. The van der Waals surface area contributed by atoms with Gasteiger partial charge in [-0.15, -0.1) is 4.37 Å². The quantitative estimate of drug-likeness (QED) is 0.449. The Balaban J connectivity index is 1.11. The lowest BCUT2D eigenvalue weighted by Gasteiger charge is -2.18. The van der Waals surface area contributed by atoms with Crippen molar-refractivity contribution in [1.82, 2.24) is 34.2 Å². The Bertz CT molecular complexity index is 1250. The van der Waals surface area contributed by atoms with Crippen LogP contribution in [0, 0.1) is 11.8 Å². The van der Waals surface area contributed by atoms with Gasteiger partial charge in [-0.2, -0.15) is 4.98 Å². The number of hydrogen-bond donors (Lipinski definition) is 3. The molecular formula is C20H22N8O2S. The van der Waals surface area contributed by atoms with Crippen molar-refractivity contribution in [2.75, 3.05) is 12.4 Å². The molecular weight excluding hydrogens is 416 g/mol. The van der Waals surface area contributed by atoms with Gasteiger partial charge in [-0.3, -0.25) is 5.32 Å². The highest BCUT2D eigenvalue weighted by atomic mass is 32.1. The summed E-state index contributed by atoms with van der Waals surface area (Å²) in [5.41, 5.74) is 3.00. The smallest absolute Gasteiger partial charge is 0.329 e. The molecule has 2 fully saturated rings. The van der Waals surface area contributed by atoms with E-state index in [1.165, 1.54) is 7.11 Å². The Hall–Kier alpha value is -3.21. The molecule has 4 heterocycles. The van der Waals surface area contributed by atoms with E-state index in [2.05, 4.69) is 45.6 Å². The number of aromatic amines is 1. The summed E-state index contributed by atoms with van der Waals surface area (Å²) < 4.78 is 11.3. The van der Waals surface area contributed by atoms with E-state index in [1.807, 2.05) is 18.7 Å². The van der Waals surface area contributed by atoms with Crippen LogP contribution in [0.2, 0.25) is 0 Å². The maximum atomic E-state index is 12.3. The molecule has 0 spiro atoms. The van der Waals surface area contributed by atoms with Crippen LogP contribution < -0.4 is 15.4 Å². The molecule has 2 unspecified atom stereocenters. The van der Waals surface area contributed by atoms with Crippen LogP contribution in [0.1, 0.15) is 31.7 Å². The van der Waals surface area contributed by atoms with Crippen molar-refractivity contribution in [3.05, 3.63) is 24.8 Å². The molecule has 10 nitrogen and oxygen atoms in total. The van der Waals surface area contributed by atoms with Crippen molar-refractivity contribution < 1.29 is 9.53 Å².